The van der Waals surface area contributed by atoms with E-state index in [9.17, 15) is 4.39 Å². The van der Waals surface area contributed by atoms with Gasteiger partial charge in [0.25, 0.3) is 0 Å². The fraction of sp³-hybridized carbons (Fsp3) is 0.294. The summed E-state index contributed by atoms with van der Waals surface area (Å²) in [4.78, 5) is 0. The van der Waals surface area contributed by atoms with Gasteiger partial charge in [-0.05, 0) is 41.8 Å². The Labute approximate surface area is 132 Å². The number of hydrogen-bond acceptors (Lipinski definition) is 2. The van der Waals surface area contributed by atoms with Crippen LogP contribution in [-0.2, 0) is 4.74 Å². The van der Waals surface area contributed by atoms with Gasteiger partial charge in [0.1, 0.15) is 0 Å². The molecule has 2 atom stereocenters. The van der Waals surface area contributed by atoms with Crippen LogP contribution in [0.1, 0.15) is 22.6 Å². The zero-order chi connectivity index (χ0) is 15.0. The summed E-state index contributed by atoms with van der Waals surface area (Å²) >= 11 is 3.61. The molecular formula is C17H16BrFO2. The Bertz CT molecular complexity index is 668. The highest BCUT2D eigenvalue weighted by molar-refractivity contribution is 9.10. The van der Waals surface area contributed by atoms with Crippen molar-refractivity contribution in [2.45, 2.75) is 18.9 Å². The quantitative estimate of drug-likeness (QED) is 0.760. The molecule has 0 radical (unpaired) electrons. The SMILES string of the molecule is COc1ccc(C(c2ccc(C)cc2Br)C2CO2)cc1F. The number of epoxide rings is 1. The first-order valence-corrected chi connectivity index (χ1v) is 7.60. The Morgan fingerprint density at radius 3 is 2.62 bits per heavy atom. The summed E-state index contributed by atoms with van der Waals surface area (Å²) in [5.74, 6) is -0.0542. The minimum absolute atomic E-state index is 0.0281. The lowest BCUT2D eigenvalue weighted by Gasteiger charge is -2.18. The van der Waals surface area contributed by atoms with Crippen molar-refractivity contribution in [3.05, 3.63) is 63.4 Å². The van der Waals surface area contributed by atoms with Gasteiger partial charge in [-0.3, -0.25) is 0 Å². The first kappa shape index (κ1) is 14.5. The standard InChI is InChI=1S/C17H16BrFO2/c1-10-3-5-12(13(18)7-10)17(16-9-21-16)11-4-6-15(20-2)14(19)8-11/h3-8,16-17H,9H2,1-2H3. The molecule has 0 spiro atoms. The number of halogens is 2. The number of benzene rings is 2. The predicted octanol–water partition coefficient (Wildman–Crippen LogP) is 4.44. The summed E-state index contributed by atoms with van der Waals surface area (Å²) in [6.07, 6.45) is 0.108. The van der Waals surface area contributed by atoms with Crippen molar-refractivity contribution in [2.75, 3.05) is 13.7 Å². The Morgan fingerprint density at radius 2 is 2.05 bits per heavy atom. The molecule has 110 valence electrons. The van der Waals surface area contributed by atoms with Gasteiger partial charge in [-0.25, -0.2) is 4.39 Å². The lowest BCUT2D eigenvalue weighted by atomic mass is 9.88. The van der Waals surface area contributed by atoms with Crippen LogP contribution in [0.15, 0.2) is 40.9 Å². The smallest absolute Gasteiger partial charge is 0.165 e. The highest BCUT2D eigenvalue weighted by Gasteiger charge is 2.36. The maximum atomic E-state index is 14.0. The maximum absolute atomic E-state index is 14.0. The van der Waals surface area contributed by atoms with E-state index in [1.807, 2.05) is 13.0 Å². The van der Waals surface area contributed by atoms with Gasteiger partial charge < -0.3 is 9.47 Å². The van der Waals surface area contributed by atoms with Gasteiger partial charge >= 0.3 is 0 Å². The summed E-state index contributed by atoms with van der Waals surface area (Å²) < 4.78 is 25.5. The molecule has 0 N–H and O–H groups in total. The first-order valence-electron chi connectivity index (χ1n) is 6.81. The van der Waals surface area contributed by atoms with Gasteiger partial charge in [0, 0.05) is 10.4 Å². The average molecular weight is 351 g/mol. The van der Waals surface area contributed by atoms with E-state index in [4.69, 9.17) is 9.47 Å². The van der Waals surface area contributed by atoms with Crippen molar-refractivity contribution in [2.24, 2.45) is 0 Å². The van der Waals surface area contributed by atoms with E-state index in [0.29, 0.717) is 6.61 Å². The minimum atomic E-state index is -0.344. The zero-order valence-corrected chi connectivity index (χ0v) is 13.5. The molecule has 1 heterocycles. The number of ether oxygens (including phenoxy) is 2. The van der Waals surface area contributed by atoms with Gasteiger partial charge in [0.15, 0.2) is 11.6 Å². The van der Waals surface area contributed by atoms with E-state index in [-0.39, 0.29) is 23.6 Å². The van der Waals surface area contributed by atoms with Crippen LogP contribution in [0.5, 0.6) is 5.75 Å². The second-order valence-electron chi connectivity index (χ2n) is 5.27. The summed E-state index contributed by atoms with van der Waals surface area (Å²) in [6.45, 7) is 2.75. The third-order valence-corrected chi connectivity index (χ3v) is 4.44. The highest BCUT2D eigenvalue weighted by atomic mass is 79.9. The van der Waals surface area contributed by atoms with Gasteiger partial charge in [0.05, 0.1) is 19.8 Å². The van der Waals surface area contributed by atoms with Gasteiger partial charge in [-0.1, -0.05) is 34.1 Å². The number of rotatable bonds is 4. The molecule has 3 rings (SSSR count). The van der Waals surface area contributed by atoms with E-state index >= 15 is 0 Å². The van der Waals surface area contributed by atoms with E-state index < -0.39 is 0 Å². The second kappa shape index (κ2) is 5.78. The van der Waals surface area contributed by atoms with Crippen LogP contribution in [0.2, 0.25) is 0 Å². The fourth-order valence-corrected chi connectivity index (χ4v) is 3.34. The van der Waals surface area contributed by atoms with E-state index in [0.717, 1.165) is 15.6 Å². The van der Waals surface area contributed by atoms with Crippen LogP contribution in [-0.4, -0.2) is 19.8 Å². The summed E-state index contributed by atoms with van der Waals surface area (Å²) in [5.41, 5.74) is 3.20. The Balaban J connectivity index is 2.04. The zero-order valence-electron chi connectivity index (χ0n) is 11.9. The van der Waals surface area contributed by atoms with Crippen molar-refractivity contribution in [3.63, 3.8) is 0 Å². The van der Waals surface area contributed by atoms with Crippen molar-refractivity contribution < 1.29 is 13.9 Å². The molecule has 2 unspecified atom stereocenters. The topological polar surface area (TPSA) is 21.8 Å². The lowest BCUT2D eigenvalue weighted by molar-refractivity contribution is 0.380. The van der Waals surface area contributed by atoms with Gasteiger partial charge in [-0.15, -0.1) is 0 Å². The summed E-state index contributed by atoms with van der Waals surface area (Å²) in [5, 5.41) is 0. The minimum Gasteiger partial charge on any atom is -0.494 e. The molecule has 0 saturated carbocycles. The molecule has 2 nitrogen and oxygen atoms in total. The van der Waals surface area contributed by atoms with Crippen molar-refractivity contribution in [3.8, 4) is 5.75 Å². The van der Waals surface area contributed by atoms with Crippen molar-refractivity contribution >= 4 is 15.9 Å². The summed E-state index contributed by atoms with van der Waals surface area (Å²) in [6, 6.07) is 11.3. The largest absolute Gasteiger partial charge is 0.494 e. The second-order valence-corrected chi connectivity index (χ2v) is 6.12. The molecule has 1 fully saturated rings. The third kappa shape index (κ3) is 2.97. The fourth-order valence-electron chi connectivity index (χ4n) is 2.60. The molecule has 2 aromatic rings. The Kier molecular flexibility index (Phi) is 4.00. The molecule has 0 amide bonds. The predicted molar refractivity (Wildman–Crippen MR) is 83.4 cm³/mol. The number of aryl methyl sites for hydroxylation is 1. The van der Waals surface area contributed by atoms with Crippen LogP contribution in [0, 0.1) is 12.7 Å². The molecule has 1 aliphatic heterocycles. The molecular weight excluding hydrogens is 335 g/mol. The van der Waals surface area contributed by atoms with Gasteiger partial charge in [-0.2, -0.15) is 0 Å². The van der Waals surface area contributed by atoms with Crippen molar-refractivity contribution in [1.29, 1.82) is 0 Å². The maximum Gasteiger partial charge on any atom is 0.165 e. The van der Waals surface area contributed by atoms with Gasteiger partial charge in [0.2, 0.25) is 0 Å². The van der Waals surface area contributed by atoms with E-state index in [1.165, 1.54) is 18.7 Å². The van der Waals surface area contributed by atoms with Crippen molar-refractivity contribution in [1.82, 2.24) is 0 Å². The first-order chi connectivity index (χ1) is 10.1. The average Bonchev–Trinajstić information content (AvgIpc) is 3.26. The van der Waals surface area contributed by atoms with Crippen LogP contribution in [0.3, 0.4) is 0 Å². The molecule has 21 heavy (non-hydrogen) atoms. The Morgan fingerprint density at radius 1 is 1.29 bits per heavy atom. The molecule has 4 heteroatoms. The molecule has 1 saturated heterocycles. The normalized spacial score (nSPS) is 18.4. The Hall–Kier alpha value is -1.39. The molecule has 0 aromatic heterocycles. The van der Waals surface area contributed by atoms with E-state index in [2.05, 4.69) is 34.1 Å². The molecule has 0 aliphatic carbocycles. The van der Waals surface area contributed by atoms with Crippen LogP contribution < -0.4 is 4.74 Å². The third-order valence-electron chi connectivity index (χ3n) is 3.76. The van der Waals surface area contributed by atoms with Crippen LogP contribution in [0.4, 0.5) is 4.39 Å². The molecule has 1 aliphatic rings. The molecule has 0 bridgehead atoms. The van der Waals surface area contributed by atoms with Crippen LogP contribution >= 0.6 is 15.9 Å². The monoisotopic (exact) mass is 350 g/mol. The number of hydrogen-bond donors (Lipinski definition) is 0. The highest BCUT2D eigenvalue weighted by Crippen LogP contribution is 2.40. The number of methoxy groups -OCH3 is 1. The van der Waals surface area contributed by atoms with E-state index in [1.54, 1.807) is 6.07 Å². The summed E-state index contributed by atoms with van der Waals surface area (Å²) in [7, 11) is 1.47. The molecule has 2 aromatic carbocycles. The van der Waals surface area contributed by atoms with Crippen LogP contribution in [0.25, 0.3) is 0 Å². The lowest BCUT2D eigenvalue weighted by Crippen LogP contribution is -2.10.